The zero-order valence-corrected chi connectivity index (χ0v) is 10.1. The number of aromatic nitrogens is 1. The van der Waals surface area contributed by atoms with Gasteiger partial charge in [-0.1, -0.05) is 0 Å². The number of hydrogen-bond donors (Lipinski definition) is 1. The topological polar surface area (TPSA) is 54.5 Å². The molecule has 0 bridgehead atoms. The first-order chi connectivity index (χ1) is 8.24. The monoisotopic (exact) mass is 235 g/mol. The number of nitrogens with one attached hydrogen (secondary N) is 1. The van der Waals surface area contributed by atoms with Crippen LogP contribution in [-0.2, 0) is 4.74 Å². The molecule has 0 spiro atoms. The van der Waals surface area contributed by atoms with E-state index >= 15 is 0 Å². The maximum absolute atomic E-state index is 11.6. The molecule has 2 heterocycles. The smallest absolute Gasteiger partial charge is 0.341 e. The highest BCUT2D eigenvalue weighted by atomic mass is 16.5. The van der Waals surface area contributed by atoms with Gasteiger partial charge in [0.2, 0.25) is 0 Å². The van der Waals surface area contributed by atoms with Crippen LogP contribution in [0.5, 0.6) is 0 Å². The van der Waals surface area contributed by atoms with Gasteiger partial charge in [0.05, 0.1) is 12.8 Å². The normalized spacial score (nSPS) is 19.1. The number of carbonyl (C=O) groups is 1. The third kappa shape index (κ3) is 2.39. The van der Waals surface area contributed by atoms with E-state index in [1.165, 1.54) is 7.11 Å². The number of pyridine rings is 1. The second-order valence-electron chi connectivity index (χ2n) is 4.14. The molecule has 1 aromatic rings. The van der Waals surface area contributed by atoms with Crippen molar-refractivity contribution in [1.29, 1.82) is 0 Å². The summed E-state index contributed by atoms with van der Waals surface area (Å²) in [4.78, 5) is 17.7. The van der Waals surface area contributed by atoms with Crippen molar-refractivity contribution in [3.05, 3.63) is 24.0 Å². The van der Waals surface area contributed by atoms with E-state index in [0.717, 1.165) is 25.2 Å². The molecule has 1 fully saturated rings. The third-order valence-electron chi connectivity index (χ3n) is 3.17. The lowest BCUT2D eigenvalue weighted by Gasteiger charge is -2.27. The van der Waals surface area contributed by atoms with E-state index in [1.807, 2.05) is 13.1 Å². The van der Waals surface area contributed by atoms with Crippen molar-refractivity contribution in [2.75, 3.05) is 32.1 Å². The number of nitrogens with zero attached hydrogens (tertiary/aromatic N) is 2. The minimum absolute atomic E-state index is 0.342. The number of anilines is 1. The molecular formula is C12H17N3O2. The number of esters is 1. The van der Waals surface area contributed by atoms with Gasteiger partial charge in [0, 0.05) is 32.0 Å². The summed E-state index contributed by atoms with van der Waals surface area (Å²) < 4.78 is 4.77. The van der Waals surface area contributed by atoms with Crippen LogP contribution in [0.4, 0.5) is 5.69 Å². The van der Waals surface area contributed by atoms with Crippen LogP contribution in [0.25, 0.3) is 0 Å². The van der Waals surface area contributed by atoms with Crippen molar-refractivity contribution in [2.45, 2.75) is 12.5 Å². The summed E-state index contributed by atoms with van der Waals surface area (Å²) in [5.41, 5.74) is 1.39. The maximum Gasteiger partial charge on any atom is 0.341 e. The second kappa shape index (κ2) is 5.14. The molecular weight excluding hydrogens is 218 g/mol. The number of hydrogen-bond acceptors (Lipinski definition) is 5. The highest BCUT2D eigenvalue weighted by molar-refractivity contribution is 5.95. The van der Waals surface area contributed by atoms with Crippen LogP contribution in [0.1, 0.15) is 16.8 Å². The van der Waals surface area contributed by atoms with E-state index in [0.29, 0.717) is 11.6 Å². The van der Waals surface area contributed by atoms with Crippen molar-refractivity contribution in [3.63, 3.8) is 0 Å². The molecule has 2 rings (SSSR count). The Morgan fingerprint density at radius 3 is 3.12 bits per heavy atom. The molecule has 0 radical (unpaired) electrons. The number of methoxy groups -OCH3 is 1. The zero-order valence-electron chi connectivity index (χ0n) is 10.1. The molecule has 0 saturated carbocycles. The van der Waals surface area contributed by atoms with Crippen LogP contribution in [0, 0.1) is 0 Å². The van der Waals surface area contributed by atoms with Crippen molar-refractivity contribution >= 4 is 11.7 Å². The Morgan fingerprint density at radius 1 is 1.65 bits per heavy atom. The zero-order chi connectivity index (χ0) is 12.3. The van der Waals surface area contributed by atoms with Crippen LogP contribution in [0.2, 0.25) is 0 Å². The largest absolute Gasteiger partial charge is 0.465 e. The Morgan fingerprint density at radius 2 is 2.47 bits per heavy atom. The molecule has 0 amide bonds. The molecule has 1 aliphatic heterocycles. The van der Waals surface area contributed by atoms with Crippen LogP contribution < -0.4 is 10.2 Å². The van der Waals surface area contributed by atoms with Crippen LogP contribution in [0.3, 0.4) is 0 Å². The fourth-order valence-corrected chi connectivity index (χ4v) is 2.13. The fourth-order valence-electron chi connectivity index (χ4n) is 2.13. The van der Waals surface area contributed by atoms with Gasteiger partial charge in [-0.05, 0) is 19.0 Å². The summed E-state index contributed by atoms with van der Waals surface area (Å²) in [6.45, 7) is 1.97. The Hall–Kier alpha value is -1.62. The third-order valence-corrected chi connectivity index (χ3v) is 3.17. The number of ether oxygens (including phenoxy) is 1. The van der Waals surface area contributed by atoms with E-state index in [9.17, 15) is 4.79 Å². The highest BCUT2D eigenvalue weighted by Gasteiger charge is 2.23. The van der Waals surface area contributed by atoms with E-state index in [1.54, 1.807) is 12.4 Å². The van der Waals surface area contributed by atoms with Crippen molar-refractivity contribution in [1.82, 2.24) is 10.3 Å². The lowest BCUT2D eigenvalue weighted by molar-refractivity contribution is 0.0601. The van der Waals surface area contributed by atoms with Crippen LogP contribution in [0.15, 0.2) is 18.5 Å². The molecule has 17 heavy (non-hydrogen) atoms. The summed E-state index contributed by atoms with van der Waals surface area (Å²) in [5, 5.41) is 3.31. The van der Waals surface area contributed by atoms with Gasteiger partial charge in [0.25, 0.3) is 0 Å². The lowest BCUT2D eigenvalue weighted by atomic mass is 10.1. The van der Waals surface area contributed by atoms with Gasteiger partial charge in [-0.3, -0.25) is 4.98 Å². The summed E-state index contributed by atoms with van der Waals surface area (Å²) in [6.07, 6.45) is 4.33. The van der Waals surface area contributed by atoms with Gasteiger partial charge in [-0.2, -0.15) is 0 Å². The molecule has 1 unspecified atom stereocenters. The summed E-state index contributed by atoms with van der Waals surface area (Å²) in [5.74, 6) is -0.342. The van der Waals surface area contributed by atoms with Gasteiger partial charge in [-0.25, -0.2) is 4.79 Å². The van der Waals surface area contributed by atoms with Gasteiger partial charge >= 0.3 is 5.97 Å². The second-order valence-corrected chi connectivity index (χ2v) is 4.14. The fraction of sp³-hybridized carbons (Fsp3) is 0.500. The lowest BCUT2D eigenvalue weighted by Crippen LogP contribution is -2.34. The Balaban J connectivity index is 2.27. The van der Waals surface area contributed by atoms with E-state index in [4.69, 9.17) is 4.74 Å². The van der Waals surface area contributed by atoms with Crippen molar-refractivity contribution in [2.24, 2.45) is 0 Å². The Kier molecular flexibility index (Phi) is 3.58. The predicted octanol–water partition coefficient (Wildman–Crippen LogP) is 0.666. The molecule has 1 saturated heterocycles. The first kappa shape index (κ1) is 11.9. The Bertz CT molecular complexity index is 402. The maximum atomic E-state index is 11.6. The van der Waals surface area contributed by atoms with E-state index in [2.05, 4.69) is 15.2 Å². The number of carbonyl (C=O) groups excluding carboxylic acids is 1. The van der Waals surface area contributed by atoms with Crippen LogP contribution in [-0.4, -0.2) is 44.2 Å². The summed E-state index contributed by atoms with van der Waals surface area (Å²) in [7, 11) is 3.38. The first-order valence-electron chi connectivity index (χ1n) is 5.70. The standard InChI is InChI=1S/C12H17N3O2/c1-15(9-3-5-13-7-9)11-4-6-14-8-10(11)12(16)17-2/h4,6,8-9,13H,3,5,7H2,1-2H3. The molecule has 5 nitrogen and oxygen atoms in total. The van der Waals surface area contributed by atoms with Gasteiger partial charge in [0.15, 0.2) is 0 Å². The minimum Gasteiger partial charge on any atom is -0.465 e. The minimum atomic E-state index is -0.342. The quantitative estimate of drug-likeness (QED) is 0.780. The molecule has 1 atom stereocenters. The summed E-state index contributed by atoms with van der Waals surface area (Å²) >= 11 is 0. The average Bonchev–Trinajstić information content (AvgIpc) is 2.91. The number of rotatable bonds is 3. The highest BCUT2D eigenvalue weighted by Crippen LogP contribution is 2.22. The molecule has 1 aliphatic rings. The van der Waals surface area contributed by atoms with Crippen molar-refractivity contribution < 1.29 is 9.53 Å². The molecule has 1 N–H and O–H groups in total. The molecule has 92 valence electrons. The molecule has 0 aliphatic carbocycles. The first-order valence-corrected chi connectivity index (χ1v) is 5.70. The number of likely N-dealkylation sites (N-methyl/N-ethyl adjacent to an activating group) is 1. The van der Waals surface area contributed by atoms with E-state index in [-0.39, 0.29) is 5.97 Å². The molecule has 5 heteroatoms. The predicted molar refractivity (Wildman–Crippen MR) is 65.3 cm³/mol. The van der Waals surface area contributed by atoms with Crippen molar-refractivity contribution in [3.8, 4) is 0 Å². The van der Waals surface area contributed by atoms with Gasteiger partial charge in [-0.15, -0.1) is 0 Å². The summed E-state index contributed by atoms with van der Waals surface area (Å²) in [6, 6.07) is 2.27. The van der Waals surface area contributed by atoms with Gasteiger partial charge in [0.1, 0.15) is 5.56 Å². The van der Waals surface area contributed by atoms with Gasteiger partial charge < -0.3 is 15.0 Å². The van der Waals surface area contributed by atoms with E-state index < -0.39 is 0 Å². The average molecular weight is 235 g/mol. The SMILES string of the molecule is COC(=O)c1cnccc1N(C)C1CCNC1. The van der Waals surface area contributed by atoms with Crippen LogP contribution >= 0.6 is 0 Å². The molecule has 1 aromatic heterocycles. The molecule has 0 aromatic carbocycles. The Labute approximate surface area is 101 Å².